The van der Waals surface area contributed by atoms with Crippen LogP contribution in [0.5, 0.6) is 5.88 Å². The quantitative estimate of drug-likeness (QED) is 0.409. The first-order valence-electron chi connectivity index (χ1n) is 7.06. The fourth-order valence-corrected chi connectivity index (χ4v) is 1.90. The molecule has 0 aliphatic carbocycles. The number of esters is 1. The molecule has 1 aromatic rings. The zero-order chi connectivity index (χ0) is 17.4. The number of hydrogen-bond donors (Lipinski definition) is 1. The molecular weight excluding hydrogens is 350 g/mol. The SMILES string of the molecule is CCCCOCC(C)OC(=O)COc1nc(F)c(Cl)c(N)c1Cl. The molecule has 6 nitrogen and oxygen atoms in total. The molecule has 0 spiro atoms. The van der Waals surface area contributed by atoms with E-state index in [9.17, 15) is 9.18 Å². The maximum atomic E-state index is 13.4. The van der Waals surface area contributed by atoms with Gasteiger partial charge in [-0.25, -0.2) is 4.79 Å². The van der Waals surface area contributed by atoms with Crippen molar-refractivity contribution in [3.05, 3.63) is 16.0 Å². The minimum absolute atomic E-state index is 0.167. The second-order valence-electron chi connectivity index (χ2n) is 4.77. The molecule has 0 amide bonds. The number of nitrogens with zero attached hydrogens (tertiary/aromatic N) is 1. The smallest absolute Gasteiger partial charge is 0.344 e. The van der Waals surface area contributed by atoms with Gasteiger partial charge in [0.25, 0.3) is 0 Å². The maximum absolute atomic E-state index is 13.4. The van der Waals surface area contributed by atoms with Crippen LogP contribution in [-0.4, -0.2) is 36.9 Å². The van der Waals surface area contributed by atoms with E-state index < -0.39 is 29.7 Å². The number of pyridine rings is 1. The lowest BCUT2D eigenvalue weighted by atomic mass is 10.3. The van der Waals surface area contributed by atoms with Crippen LogP contribution in [0.3, 0.4) is 0 Å². The van der Waals surface area contributed by atoms with E-state index in [1.807, 2.05) is 0 Å². The van der Waals surface area contributed by atoms with Gasteiger partial charge in [-0.3, -0.25) is 0 Å². The van der Waals surface area contributed by atoms with E-state index in [1.165, 1.54) is 0 Å². The lowest BCUT2D eigenvalue weighted by molar-refractivity contribution is -0.153. The molecule has 0 aliphatic rings. The molecule has 0 saturated carbocycles. The molecule has 0 fully saturated rings. The summed E-state index contributed by atoms with van der Waals surface area (Å²) >= 11 is 11.4. The van der Waals surface area contributed by atoms with Gasteiger partial charge in [-0.2, -0.15) is 9.37 Å². The lowest BCUT2D eigenvalue weighted by Gasteiger charge is -2.14. The summed E-state index contributed by atoms with van der Waals surface area (Å²) in [7, 11) is 0. The zero-order valence-corrected chi connectivity index (χ0v) is 14.4. The molecule has 1 rings (SSSR count). The Labute approximate surface area is 144 Å². The molecule has 9 heteroatoms. The van der Waals surface area contributed by atoms with E-state index in [0.717, 1.165) is 12.8 Å². The highest BCUT2D eigenvalue weighted by Crippen LogP contribution is 2.35. The van der Waals surface area contributed by atoms with Crippen LogP contribution in [0.1, 0.15) is 26.7 Å². The summed E-state index contributed by atoms with van der Waals surface area (Å²) in [4.78, 5) is 15.0. The third-order valence-electron chi connectivity index (χ3n) is 2.70. The summed E-state index contributed by atoms with van der Waals surface area (Å²) in [6.45, 7) is 4.14. The average Bonchev–Trinajstić information content (AvgIpc) is 2.51. The first-order valence-corrected chi connectivity index (χ1v) is 7.82. The fraction of sp³-hybridized carbons (Fsp3) is 0.571. The van der Waals surface area contributed by atoms with Crippen molar-refractivity contribution in [1.29, 1.82) is 0 Å². The molecule has 2 N–H and O–H groups in total. The number of rotatable bonds is 9. The number of ether oxygens (including phenoxy) is 3. The van der Waals surface area contributed by atoms with Crippen LogP contribution in [0.4, 0.5) is 10.1 Å². The number of unbranched alkanes of at least 4 members (excludes halogenated alkanes) is 1. The second kappa shape index (κ2) is 9.75. The number of hydrogen-bond acceptors (Lipinski definition) is 6. The Morgan fingerprint density at radius 1 is 1.39 bits per heavy atom. The van der Waals surface area contributed by atoms with Crippen molar-refractivity contribution in [3.8, 4) is 5.88 Å². The van der Waals surface area contributed by atoms with Gasteiger partial charge in [-0.1, -0.05) is 36.5 Å². The van der Waals surface area contributed by atoms with Crippen molar-refractivity contribution in [1.82, 2.24) is 4.98 Å². The topological polar surface area (TPSA) is 83.7 Å². The summed E-state index contributed by atoms with van der Waals surface area (Å²) in [5.41, 5.74) is 5.29. The van der Waals surface area contributed by atoms with Gasteiger partial charge in [-0.15, -0.1) is 0 Å². The minimum Gasteiger partial charge on any atom is -0.464 e. The van der Waals surface area contributed by atoms with Gasteiger partial charge in [0.1, 0.15) is 16.1 Å². The Hall–Kier alpha value is -1.31. The van der Waals surface area contributed by atoms with Gasteiger partial charge < -0.3 is 19.9 Å². The van der Waals surface area contributed by atoms with E-state index in [4.69, 9.17) is 43.1 Å². The molecule has 1 unspecified atom stereocenters. The van der Waals surface area contributed by atoms with E-state index in [1.54, 1.807) is 6.92 Å². The zero-order valence-electron chi connectivity index (χ0n) is 12.9. The van der Waals surface area contributed by atoms with Gasteiger partial charge >= 0.3 is 5.97 Å². The van der Waals surface area contributed by atoms with Crippen molar-refractivity contribution >= 4 is 34.9 Å². The van der Waals surface area contributed by atoms with Crippen LogP contribution in [0.25, 0.3) is 0 Å². The second-order valence-corrected chi connectivity index (χ2v) is 5.52. The monoisotopic (exact) mass is 368 g/mol. The van der Waals surface area contributed by atoms with Crippen molar-refractivity contribution in [3.63, 3.8) is 0 Å². The number of aromatic nitrogens is 1. The van der Waals surface area contributed by atoms with E-state index in [2.05, 4.69) is 11.9 Å². The third-order valence-corrected chi connectivity index (χ3v) is 3.42. The molecule has 1 aromatic heterocycles. The Kier molecular flexibility index (Phi) is 8.36. The van der Waals surface area contributed by atoms with Crippen molar-refractivity contribution in [2.45, 2.75) is 32.8 Å². The molecule has 0 bridgehead atoms. The van der Waals surface area contributed by atoms with Crippen LogP contribution in [0.2, 0.25) is 10.0 Å². The molecular formula is C14H19Cl2FN2O4. The van der Waals surface area contributed by atoms with Gasteiger partial charge in [0.15, 0.2) is 6.61 Å². The molecule has 0 aliphatic heterocycles. The normalized spacial score (nSPS) is 12.0. The van der Waals surface area contributed by atoms with Crippen LogP contribution >= 0.6 is 23.2 Å². The van der Waals surface area contributed by atoms with Crippen molar-refractivity contribution < 1.29 is 23.4 Å². The predicted octanol–water partition coefficient (Wildman–Crippen LogP) is 3.24. The van der Waals surface area contributed by atoms with Gasteiger partial charge in [-0.05, 0) is 13.3 Å². The van der Waals surface area contributed by atoms with Crippen LogP contribution in [0.15, 0.2) is 0 Å². The van der Waals surface area contributed by atoms with Gasteiger partial charge in [0, 0.05) is 6.61 Å². The average molecular weight is 369 g/mol. The summed E-state index contributed by atoms with van der Waals surface area (Å²) in [6.07, 6.45) is 1.53. The predicted molar refractivity (Wildman–Crippen MR) is 85.4 cm³/mol. The largest absolute Gasteiger partial charge is 0.464 e. The van der Waals surface area contributed by atoms with Crippen LogP contribution in [-0.2, 0) is 14.3 Å². The van der Waals surface area contributed by atoms with Crippen LogP contribution in [0, 0.1) is 5.95 Å². The van der Waals surface area contributed by atoms with E-state index in [-0.39, 0.29) is 23.2 Å². The number of anilines is 1. The van der Waals surface area contributed by atoms with Gasteiger partial charge in [0.05, 0.1) is 12.3 Å². The van der Waals surface area contributed by atoms with Crippen LogP contribution < -0.4 is 10.5 Å². The van der Waals surface area contributed by atoms with Crippen molar-refractivity contribution in [2.24, 2.45) is 0 Å². The summed E-state index contributed by atoms with van der Waals surface area (Å²) < 4.78 is 28.8. The van der Waals surface area contributed by atoms with Crippen molar-refractivity contribution in [2.75, 3.05) is 25.6 Å². The first-order chi connectivity index (χ1) is 10.9. The first kappa shape index (κ1) is 19.7. The Bertz CT molecular complexity index is 546. The molecule has 23 heavy (non-hydrogen) atoms. The summed E-state index contributed by atoms with van der Waals surface area (Å²) in [5.74, 6) is -2.02. The maximum Gasteiger partial charge on any atom is 0.344 e. The molecule has 0 radical (unpaired) electrons. The van der Waals surface area contributed by atoms with E-state index in [0.29, 0.717) is 6.61 Å². The number of nitrogens with two attached hydrogens (primary N) is 1. The number of carbonyl (C=O) groups excluding carboxylic acids is 1. The summed E-state index contributed by atoms with van der Waals surface area (Å²) in [5, 5.41) is -0.567. The number of nitrogen functional groups attached to an aromatic ring is 1. The molecule has 0 saturated heterocycles. The lowest BCUT2D eigenvalue weighted by Crippen LogP contribution is -2.24. The highest BCUT2D eigenvalue weighted by molar-refractivity contribution is 6.39. The Morgan fingerprint density at radius 3 is 2.74 bits per heavy atom. The molecule has 1 heterocycles. The minimum atomic E-state index is -1.03. The van der Waals surface area contributed by atoms with Gasteiger partial charge in [0.2, 0.25) is 11.8 Å². The Morgan fingerprint density at radius 2 is 2.09 bits per heavy atom. The number of carbonyl (C=O) groups is 1. The Balaban J connectivity index is 2.45. The molecule has 0 aromatic carbocycles. The fourth-order valence-electron chi connectivity index (χ4n) is 1.52. The van der Waals surface area contributed by atoms with E-state index >= 15 is 0 Å². The third kappa shape index (κ3) is 6.37. The standard InChI is InChI=1S/C14H19Cl2FN2O4/c1-3-4-5-21-6-8(2)23-9(20)7-22-14-11(16)12(18)10(15)13(17)19-14/h8H,3-7H2,1-2H3,(H2,18,19). The highest BCUT2D eigenvalue weighted by Gasteiger charge is 2.18. The molecule has 1 atom stereocenters. The highest BCUT2D eigenvalue weighted by atomic mass is 35.5. The number of halogens is 3. The molecule has 130 valence electrons. The summed E-state index contributed by atoms with van der Waals surface area (Å²) in [6, 6.07) is 0.